The number of benzene rings is 1. The van der Waals surface area contributed by atoms with Gasteiger partial charge in [0.25, 0.3) is 0 Å². The summed E-state index contributed by atoms with van der Waals surface area (Å²) in [4.78, 5) is 0. The van der Waals surface area contributed by atoms with Crippen molar-refractivity contribution in [3.05, 3.63) is 25.6 Å². The minimum absolute atomic E-state index is 0. The number of phenols is 1. The van der Waals surface area contributed by atoms with Crippen LogP contribution in [-0.4, -0.2) is 5.11 Å². The Hall–Kier alpha value is 1.17. The summed E-state index contributed by atoms with van der Waals surface area (Å²) in [5.74, 6) is 0.232. The predicted octanol–water partition coefficient (Wildman–Crippen LogP) is 3.68. The Bertz CT molecular complexity index is 237. The predicted molar refractivity (Wildman–Crippen MR) is 51.2 cm³/mol. The number of rotatable bonds is 0. The van der Waals surface area contributed by atoms with Crippen LogP contribution in [0.3, 0.4) is 0 Å². The van der Waals surface area contributed by atoms with Crippen LogP contribution >= 0.6 is 47.8 Å². The molecule has 1 rings (SSSR count). The molecule has 0 saturated carbocycles. The van der Waals surface area contributed by atoms with Crippen molar-refractivity contribution in [3.8, 4) is 5.75 Å². The number of hydrogen-bond donors (Lipinski definition) is 1. The van der Waals surface area contributed by atoms with Crippen molar-refractivity contribution in [2.45, 2.75) is 0 Å². The molecule has 0 aliphatic rings. The molecule has 0 unspecified atom stereocenters. The van der Waals surface area contributed by atoms with E-state index in [-0.39, 0.29) is 27.5 Å². The largest absolute Gasteiger partial charge is 0.507 e. The average molecular weight is 379 g/mol. The number of halogens is 3. The first kappa shape index (κ1) is 12.2. The van der Waals surface area contributed by atoms with Crippen LogP contribution < -0.4 is 0 Å². The minimum Gasteiger partial charge on any atom is -0.507 e. The van der Waals surface area contributed by atoms with Crippen LogP contribution in [0.1, 0.15) is 0 Å². The normalized spacial score (nSPS) is 9.00. The summed E-state index contributed by atoms with van der Waals surface area (Å²) in [5.41, 5.74) is 0. The molecule has 0 heterocycles. The van der Waals surface area contributed by atoms with E-state index in [0.717, 1.165) is 8.95 Å². The molecule has 0 amide bonds. The van der Waals surface area contributed by atoms with Crippen LogP contribution in [0.15, 0.2) is 25.6 Å². The minimum atomic E-state index is 0. The zero-order valence-electron chi connectivity index (χ0n) is 5.24. The van der Waals surface area contributed by atoms with Crippen molar-refractivity contribution < 1.29 is 26.8 Å². The van der Waals surface area contributed by atoms with E-state index in [1.807, 2.05) is 0 Å². The summed E-state index contributed by atoms with van der Waals surface area (Å²) in [6.45, 7) is 0. The molecule has 11 heavy (non-hydrogen) atoms. The maximum absolute atomic E-state index is 9.13. The Labute approximate surface area is 105 Å². The molecule has 1 nitrogen and oxygen atoms in total. The molecule has 58 valence electrons. The van der Waals surface area contributed by atoms with Gasteiger partial charge in [0.2, 0.25) is 0 Å². The second-order valence-corrected chi connectivity index (χ2v) is 4.13. The summed E-state index contributed by atoms with van der Waals surface area (Å²) in [5, 5.41) is 9.13. The Morgan fingerprint density at radius 2 is 1.55 bits per heavy atom. The van der Waals surface area contributed by atoms with Gasteiger partial charge in [0.05, 0.1) is 4.47 Å². The molecule has 0 aliphatic heterocycles. The van der Waals surface area contributed by atoms with Crippen LogP contribution in [0, 0.1) is 0 Å². The SMILES string of the molecule is Oc1ccc(Br)c(Br)c1Br.[Ti]. The van der Waals surface area contributed by atoms with Gasteiger partial charge >= 0.3 is 0 Å². The molecule has 1 aromatic carbocycles. The fraction of sp³-hybridized carbons (Fsp3) is 0. The van der Waals surface area contributed by atoms with Crippen molar-refractivity contribution in [1.29, 1.82) is 0 Å². The third kappa shape index (κ3) is 2.85. The summed E-state index contributed by atoms with van der Waals surface area (Å²) >= 11 is 9.77. The fourth-order valence-electron chi connectivity index (χ4n) is 0.516. The molecule has 0 atom stereocenters. The van der Waals surface area contributed by atoms with E-state index in [0.29, 0.717) is 4.47 Å². The Balaban J connectivity index is 0.000001000. The smallest absolute Gasteiger partial charge is 0.130 e. The standard InChI is InChI=1S/C6H3Br3O.Ti/c7-3-1-2-4(10)6(9)5(3)8;/h1-2,10H;. The van der Waals surface area contributed by atoms with Gasteiger partial charge in [-0.25, -0.2) is 0 Å². The van der Waals surface area contributed by atoms with Crippen LogP contribution in [0.4, 0.5) is 0 Å². The van der Waals surface area contributed by atoms with Crippen molar-refractivity contribution >= 4 is 47.8 Å². The van der Waals surface area contributed by atoms with Crippen LogP contribution in [-0.2, 0) is 21.7 Å². The van der Waals surface area contributed by atoms with Crippen molar-refractivity contribution in [1.82, 2.24) is 0 Å². The molecule has 1 N–H and O–H groups in total. The molecule has 5 heteroatoms. The van der Waals surface area contributed by atoms with Gasteiger partial charge in [-0.3, -0.25) is 0 Å². The van der Waals surface area contributed by atoms with E-state index in [2.05, 4.69) is 47.8 Å². The maximum atomic E-state index is 9.13. The van der Waals surface area contributed by atoms with Crippen molar-refractivity contribution in [2.24, 2.45) is 0 Å². The second kappa shape index (κ2) is 5.02. The Morgan fingerprint density at radius 1 is 1.00 bits per heavy atom. The topological polar surface area (TPSA) is 20.2 Å². The second-order valence-electron chi connectivity index (χ2n) is 1.69. The van der Waals surface area contributed by atoms with Crippen LogP contribution in [0.5, 0.6) is 5.75 Å². The van der Waals surface area contributed by atoms with Gasteiger partial charge in [-0.2, -0.15) is 0 Å². The first-order valence-electron chi connectivity index (χ1n) is 2.45. The Morgan fingerprint density at radius 3 is 2.00 bits per heavy atom. The zero-order valence-corrected chi connectivity index (χ0v) is 11.6. The molecule has 0 bridgehead atoms. The van der Waals surface area contributed by atoms with Crippen LogP contribution in [0.2, 0.25) is 0 Å². The zero-order chi connectivity index (χ0) is 7.72. The third-order valence-corrected chi connectivity index (χ3v) is 4.37. The average Bonchev–Trinajstić information content (AvgIpc) is 1.93. The van der Waals surface area contributed by atoms with Gasteiger partial charge in [-0.15, -0.1) is 0 Å². The van der Waals surface area contributed by atoms with E-state index in [1.165, 1.54) is 0 Å². The molecule has 0 aliphatic carbocycles. The molecule has 0 spiro atoms. The van der Waals surface area contributed by atoms with Crippen LogP contribution in [0.25, 0.3) is 0 Å². The van der Waals surface area contributed by atoms with Crippen molar-refractivity contribution in [2.75, 3.05) is 0 Å². The molecular formula is C6H3Br3OTi. The van der Waals surface area contributed by atoms with Gasteiger partial charge in [0, 0.05) is 30.7 Å². The summed E-state index contributed by atoms with van der Waals surface area (Å²) in [6, 6.07) is 3.38. The molecule has 1 aromatic rings. The number of aromatic hydroxyl groups is 1. The first-order valence-corrected chi connectivity index (χ1v) is 4.83. The molecule has 0 radical (unpaired) electrons. The third-order valence-electron chi connectivity index (χ3n) is 1.01. The van der Waals surface area contributed by atoms with E-state index in [9.17, 15) is 0 Å². The van der Waals surface area contributed by atoms with Gasteiger partial charge in [-0.05, 0) is 59.9 Å². The van der Waals surface area contributed by atoms with Gasteiger partial charge in [-0.1, -0.05) is 0 Å². The molecule has 0 aromatic heterocycles. The number of hydrogen-bond acceptors (Lipinski definition) is 1. The van der Waals surface area contributed by atoms with E-state index >= 15 is 0 Å². The van der Waals surface area contributed by atoms with Crippen molar-refractivity contribution in [3.63, 3.8) is 0 Å². The fourth-order valence-corrected chi connectivity index (χ4v) is 1.79. The van der Waals surface area contributed by atoms with E-state index in [1.54, 1.807) is 12.1 Å². The quantitative estimate of drug-likeness (QED) is 0.539. The maximum Gasteiger partial charge on any atom is 0.130 e. The van der Waals surface area contributed by atoms with E-state index in [4.69, 9.17) is 5.11 Å². The summed E-state index contributed by atoms with van der Waals surface area (Å²) in [6.07, 6.45) is 0. The Kier molecular flexibility index (Phi) is 5.56. The monoisotopic (exact) mass is 376 g/mol. The summed E-state index contributed by atoms with van der Waals surface area (Å²) < 4.78 is 2.41. The van der Waals surface area contributed by atoms with E-state index < -0.39 is 0 Å². The first-order chi connectivity index (χ1) is 4.63. The number of phenolic OH excluding ortho intramolecular Hbond substituents is 1. The van der Waals surface area contributed by atoms with Gasteiger partial charge in [0.1, 0.15) is 5.75 Å². The van der Waals surface area contributed by atoms with Gasteiger partial charge in [0.15, 0.2) is 0 Å². The molecular weight excluding hydrogens is 376 g/mol. The molecule has 0 saturated heterocycles. The summed E-state index contributed by atoms with van der Waals surface area (Å²) in [7, 11) is 0. The molecule has 0 fully saturated rings. The van der Waals surface area contributed by atoms with Gasteiger partial charge < -0.3 is 5.11 Å².